The lowest BCUT2D eigenvalue weighted by molar-refractivity contribution is -0.142. The molecular formula is C35H45N5O9S. The number of hydrogen-bond donors (Lipinski definition) is 4. The maximum atomic E-state index is 14.4. The zero-order chi connectivity index (χ0) is 35.8. The smallest absolute Gasteiger partial charge is 0.405 e. The molecule has 270 valence electrons. The van der Waals surface area contributed by atoms with Gasteiger partial charge in [-0.25, -0.2) is 18.2 Å². The number of ether oxygens (including phenoxy) is 2. The van der Waals surface area contributed by atoms with Gasteiger partial charge in [0.1, 0.15) is 29.5 Å². The van der Waals surface area contributed by atoms with Gasteiger partial charge in [0.15, 0.2) is 0 Å². The van der Waals surface area contributed by atoms with Gasteiger partial charge in [-0.15, -0.1) is 0 Å². The number of carbonyl (C=O) groups excluding carboxylic acids is 3. The van der Waals surface area contributed by atoms with Crippen LogP contribution in [0, 0.1) is 17.8 Å². The second kappa shape index (κ2) is 14.1. The van der Waals surface area contributed by atoms with E-state index in [1.807, 2.05) is 31.2 Å². The summed E-state index contributed by atoms with van der Waals surface area (Å²) in [6.45, 7) is 3.91. The Morgan fingerprint density at radius 2 is 1.94 bits per heavy atom. The van der Waals surface area contributed by atoms with Crippen molar-refractivity contribution in [2.75, 3.05) is 13.7 Å². The van der Waals surface area contributed by atoms with Crippen LogP contribution in [0.2, 0.25) is 0 Å². The number of nitrogens with zero attached hydrogens (tertiary/aromatic N) is 2. The van der Waals surface area contributed by atoms with Gasteiger partial charge >= 0.3 is 6.09 Å². The average Bonchev–Trinajstić information content (AvgIpc) is 4.01. The summed E-state index contributed by atoms with van der Waals surface area (Å²) < 4.78 is 39.5. The number of aromatic nitrogens is 1. The Labute approximate surface area is 291 Å². The largest absolute Gasteiger partial charge is 0.497 e. The molecule has 2 aliphatic carbocycles. The number of benzene rings is 1. The Balaban J connectivity index is 1.34. The van der Waals surface area contributed by atoms with E-state index < -0.39 is 68.7 Å². The third-order valence-electron chi connectivity index (χ3n) is 10.5. The van der Waals surface area contributed by atoms with E-state index in [4.69, 9.17) is 9.47 Å². The molecule has 2 saturated carbocycles. The standard InChI is InChI=1S/C35H45N5O9S/c1-4-21-15-20(2)7-5-6-8-23-18-35(23,33(43)39-50(46,47)26-10-11-26)38-30(41)28-17-25(19-40(28)32(42)29(21)37-34(44)45)49-31-27-12-9-24(48-3)16-22(27)13-14-36-31/h6,8-9,12-14,16,20-21,23,25-26,28-29,37H,4-5,7,10-11,15,17-19H2,1-3H3,(H,38,41)(H,39,43)(H,44,45). The number of hydrogen-bond acceptors (Lipinski definition) is 9. The van der Waals surface area contributed by atoms with E-state index in [2.05, 4.69) is 27.3 Å². The fourth-order valence-corrected chi connectivity index (χ4v) is 8.72. The Bertz CT molecular complexity index is 1800. The van der Waals surface area contributed by atoms with Gasteiger partial charge in [0.25, 0.3) is 5.91 Å². The van der Waals surface area contributed by atoms with E-state index in [1.165, 1.54) is 4.90 Å². The summed E-state index contributed by atoms with van der Waals surface area (Å²) in [5.74, 6) is -1.74. The second-order valence-corrected chi connectivity index (χ2v) is 16.0. The molecule has 2 aromatic rings. The van der Waals surface area contributed by atoms with Crippen molar-refractivity contribution in [1.29, 1.82) is 0 Å². The van der Waals surface area contributed by atoms with Gasteiger partial charge in [-0.05, 0) is 80.0 Å². The molecule has 2 aliphatic heterocycles. The fraction of sp³-hybridized carbons (Fsp3) is 0.571. The summed E-state index contributed by atoms with van der Waals surface area (Å²) in [6, 6.07) is 4.95. The Morgan fingerprint density at radius 1 is 1.16 bits per heavy atom. The van der Waals surface area contributed by atoms with Crippen LogP contribution in [0.15, 0.2) is 42.6 Å². The molecule has 7 atom stereocenters. The molecule has 0 bridgehead atoms. The summed E-state index contributed by atoms with van der Waals surface area (Å²) in [5, 5.41) is 16.0. The first-order valence-electron chi connectivity index (χ1n) is 17.3. The highest BCUT2D eigenvalue weighted by Gasteiger charge is 2.62. The zero-order valence-electron chi connectivity index (χ0n) is 28.5. The number of carbonyl (C=O) groups is 4. The number of sulfonamides is 1. The van der Waals surface area contributed by atoms with Crippen molar-refractivity contribution in [2.45, 2.75) is 94.2 Å². The van der Waals surface area contributed by atoms with Gasteiger partial charge in [0, 0.05) is 23.9 Å². The summed E-state index contributed by atoms with van der Waals surface area (Å²) in [4.78, 5) is 60.2. The summed E-state index contributed by atoms with van der Waals surface area (Å²) in [5.41, 5.74) is -1.52. The molecule has 6 rings (SSSR count). The number of fused-ring (bicyclic) bond motifs is 3. The van der Waals surface area contributed by atoms with Crippen LogP contribution in [0.25, 0.3) is 10.8 Å². The minimum Gasteiger partial charge on any atom is -0.497 e. The van der Waals surface area contributed by atoms with Crippen LogP contribution in [0.5, 0.6) is 11.6 Å². The van der Waals surface area contributed by atoms with E-state index in [0.29, 0.717) is 49.1 Å². The highest BCUT2D eigenvalue weighted by molar-refractivity contribution is 7.91. The van der Waals surface area contributed by atoms with Crippen molar-refractivity contribution in [3.63, 3.8) is 0 Å². The van der Waals surface area contributed by atoms with Gasteiger partial charge < -0.3 is 30.1 Å². The lowest BCUT2D eigenvalue weighted by atomic mass is 9.85. The molecule has 4 amide bonds. The van der Waals surface area contributed by atoms with E-state index in [1.54, 1.807) is 25.4 Å². The van der Waals surface area contributed by atoms with Crippen LogP contribution in [0.3, 0.4) is 0 Å². The molecule has 7 unspecified atom stereocenters. The molecule has 1 aromatic carbocycles. The van der Waals surface area contributed by atoms with E-state index in [-0.39, 0.29) is 31.2 Å². The maximum Gasteiger partial charge on any atom is 0.405 e. The molecule has 14 nitrogen and oxygen atoms in total. The number of allylic oxidation sites excluding steroid dienone is 1. The summed E-state index contributed by atoms with van der Waals surface area (Å²) in [6.07, 6.45) is 6.97. The minimum absolute atomic E-state index is 0.0252. The summed E-state index contributed by atoms with van der Waals surface area (Å²) >= 11 is 0. The number of amides is 4. The van der Waals surface area contributed by atoms with Gasteiger partial charge in [-0.3, -0.25) is 19.1 Å². The Hall–Kier alpha value is -4.40. The molecular weight excluding hydrogens is 666 g/mol. The van der Waals surface area contributed by atoms with Gasteiger partial charge in [0.05, 0.1) is 18.9 Å². The molecule has 50 heavy (non-hydrogen) atoms. The zero-order valence-corrected chi connectivity index (χ0v) is 29.3. The predicted octanol–water partition coefficient (Wildman–Crippen LogP) is 3.11. The van der Waals surface area contributed by atoms with Crippen molar-refractivity contribution in [2.24, 2.45) is 17.8 Å². The second-order valence-electron chi connectivity index (χ2n) is 14.1. The molecule has 3 fully saturated rings. The van der Waals surface area contributed by atoms with Crippen LogP contribution in [0.4, 0.5) is 4.79 Å². The lowest BCUT2D eigenvalue weighted by Gasteiger charge is -2.33. The number of rotatable bonds is 8. The predicted molar refractivity (Wildman–Crippen MR) is 183 cm³/mol. The van der Waals surface area contributed by atoms with Gasteiger partial charge in [-0.2, -0.15) is 0 Å². The van der Waals surface area contributed by atoms with Crippen molar-refractivity contribution in [3.05, 3.63) is 42.6 Å². The normalized spacial score (nSPS) is 30.3. The highest BCUT2D eigenvalue weighted by Crippen LogP contribution is 2.46. The van der Waals surface area contributed by atoms with Crippen LogP contribution < -0.4 is 24.8 Å². The molecule has 4 aliphatic rings. The lowest BCUT2D eigenvalue weighted by Crippen LogP contribution is -2.59. The molecule has 4 N–H and O–H groups in total. The number of pyridine rings is 1. The molecule has 0 spiro atoms. The fourth-order valence-electron chi connectivity index (χ4n) is 7.36. The molecule has 3 heterocycles. The summed E-state index contributed by atoms with van der Waals surface area (Å²) in [7, 11) is -2.33. The third-order valence-corrected chi connectivity index (χ3v) is 12.3. The van der Waals surface area contributed by atoms with Crippen molar-refractivity contribution in [3.8, 4) is 11.6 Å². The van der Waals surface area contributed by atoms with E-state index in [0.717, 1.165) is 11.8 Å². The number of carboxylic acid groups (broad SMARTS) is 1. The molecule has 1 saturated heterocycles. The first-order valence-corrected chi connectivity index (χ1v) is 18.8. The van der Waals surface area contributed by atoms with Crippen molar-refractivity contribution in [1.82, 2.24) is 25.2 Å². The Kier molecular flexibility index (Phi) is 9.98. The van der Waals surface area contributed by atoms with E-state index in [9.17, 15) is 32.7 Å². The molecule has 15 heteroatoms. The average molecular weight is 712 g/mol. The monoisotopic (exact) mass is 711 g/mol. The number of nitrogens with one attached hydrogen (secondary N) is 3. The quantitative estimate of drug-likeness (QED) is 0.296. The maximum absolute atomic E-state index is 14.4. The highest BCUT2D eigenvalue weighted by atomic mass is 32.2. The molecule has 1 aromatic heterocycles. The van der Waals surface area contributed by atoms with Crippen LogP contribution in [-0.4, -0.2) is 89.9 Å². The van der Waals surface area contributed by atoms with Gasteiger partial charge in [0.2, 0.25) is 27.7 Å². The first-order chi connectivity index (χ1) is 23.8. The van der Waals surface area contributed by atoms with Gasteiger partial charge in [-0.1, -0.05) is 32.4 Å². The molecule has 0 radical (unpaired) electrons. The third kappa shape index (κ3) is 7.37. The minimum atomic E-state index is -3.90. The first kappa shape index (κ1) is 35.4. The van der Waals surface area contributed by atoms with Crippen LogP contribution in [-0.2, 0) is 24.4 Å². The van der Waals surface area contributed by atoms with E-state index >= 15 is 0 Å². The van der Waals surface area contributed by atoms with Crippen LogP contribution >= 0.6 is 0 Å². The topological polar surface area (TPSA) is 193 Å². The van der Waals surface area contributed by atoms with Crippen molar-refractivity contribution < 1.29 is 42.2 Å². The number of methoxy groups -OCH3 is 1. The Morgan fingerprint density at radius 3 is 2.64 bits per heavy atom. The van der Waals surface area contributed by atoms with Crippen molar-refractivity contribution >= 4 is 44.6 Å². The van der Waals surface area contributed by atoms with Crippen LogP contribution in [0.1, 0.15) is 65.2 Å². The SMILES string of the molecule is CCC1CC(C)CCC=CC2CC2(C(=O)NS(=O)(=O)C2CC2)NC(=O)C2CC(Oc3nccc4cc(OC)ccc34)CN2C(=O)C1NC(=O)O.